The van der Waals surface area contributed by atoms with E-state index >= 15 is 0 Å². The van der Waals surface area contributed by atoms with Crippen molar-refractivity contribution in [2.24, 2.45) is 0 Å². The number of hydrogen-bond donors (Lipinski definition) is 2. The molecule has 0 saturated carbocycles. The standard InChI is InChI=1S/C26H21ClF3N3O3S/c1-2-33(13-15-7-9-31-10-8-15)22(35)14-37-24-23(19-12-17(27)4-6-21(19)34)18-11-16(26(28,29)30)3-5-20(18)32-25(24)36/h3-12,34H,2,13-14H2,1H3,(H,32,36). The molecule has 0 aliphatic carbocycles. The van der Waals surface area contributed by atoms with Crippen LogP contribution in [-0.2, 0) is 17.5 Å². The van der Waals surface area contributed by atoms with Crippen molar-refractivity contribution in [3.63, 3.8) is 0 Å². The lowest BCUT2D eigenvalue weighted by Crippen LogP contribution is -2.32. The van der Waals surface area contributed by atoms with Gasteiger partial charge >= 0.3 is 6.18 Å². The smallest absolute Gasteiger partial charge is 0.416 e. The highest BCUT2D eigenvalue weighted by Crippen LogP contribution is 2.42. The lowest BCUT2D eigenvalue weighted by Gasteiger charge is -2.21. The van der Waals surface area contributed by atoms with Crippen LogP contribution < -0.4 is 5.56 Å². The molecule has 0 unspecified atom stereocenters. The van der Waals surface area contributed by atoms with Crippen molar-refractivity contribution >= 4 is 40.2 Å². The molecule has 0 saturated heterocycles. The lowest BCUT2D eigenvalue weighted by atomic mass is 9.98. The van der Waals surface area contributed by atoms with Gasteiger partial charge in [0.15, 0.2) is 0 Å². The summed E-state index contributed by atoms with van der Waals surface area (Å²) in [6, 6.07) is 10.6. The predicted octanol–water partition coefficient (Wildman–Crippen LogP) is 6.11. The molecule has 2 aromatic heterocycles. The zero-order valence-corrected chi connectivity index (χ0v) is 21.0. The Kier molecular flexibility index (Phi) is 7.79. The zero-order valence-electron chi connectivity index (χ0n) is 19.5. The molecule has 2 heterocycles. The van der Waals surface area contributed by atoms with Gasteiger partial charge < -0.3 is 15.0 Å². The number of carbonyl (C=O) groups is 1. The van der Waals surface area contributed by atoms with E-state index < -0.39 is 17.3 Å². The minimum atomic E-state index is -4.63. The fourth-order valence-corrected chi connectivity index (χ4v) is 5.04. The zero-order chi connectivity index (χ0) is 26.7. The van der Waals surface area contributed by atoms with Gasteiger partial charge in [0.25, 0.3) is 5.56 Å². The first-order valence-corrected chi connectivity index (χ1v) is 12.5. The van der Waals surface area contributed by atoms with E-state index in [1.165, 1.54) is 18.2 Å². The Balaban J connectivity index is 1.79. The van der Waals surface area contributed by atoms with Gasteiger partial charge in [-0.15, -0.1) is 11.8 Å². The maximum atomic E-state index is 13.5. The van der Waals surface area contributed by atoms with Crippen molar-refractivity contribution in [2.45, 2.75) is 24.5 Å². The lowest BCUT2D eigenvalue weighted by molar-refractivity contribution is -0.137. The molecule has 0 atom stereocenters. The molecule has 4 aromatic rings. The summed E-state index contributed by atoms with van der Waals surface area (Å²) in [6.45, 7) is 2.57. The summed E-state index contributed by atoms with van der Waals surface area (Å²) in [5, 5.41) is 10.9. The van der Waals surface area contributed by atoms with Crippen molar-refractivity contribution in [1.82, 2.24) is 14.9 Å². The summed E-state index contributed by atoms with van der Waals surface area (Å²) in [6.07, 6.45) is -1.39. The summed E-state index contributed by atoms with van der Waals surface area (Å²) in [5.41, 5.74) is -0.339. The molecular weight excluding hydrogens is 527 g/mol. The third-order valence-corrected chi connectivity index (χ3v) is 7.03. The quantitative estimate of drug-likeness (QED) is 0.273. The number of aromatic hydroxyl groups is 1. The van der Waals surface area contributed by atoms with E-state index in [1.54, 1.807) is 29.4 Å². The number of nitrogens with one attached hydrogen (secondary N) is 1. The van der Waals surface area contributed by atoms with E-state index in [0.29, 0.717) is 13.1 Å². The summed E-state index contributed by atoms with van der Waals surface area (Å²) >= 11 is 7.02. The molecule has 2 N–H and O–H groups in total. The summed E-state index contributed by atoms with van der Waals surface area (Å²) in [7, 11) is 0. The van der Waals surface area contributed by atoms with E-state index in [-0.39, 0.29) is 49.4 Å². The molecule has 0 spiro atoms. The minimum Gasteiger partial charge on any atom is -0.507 e. The van der Waals surface area contributed by atoms with Gasteiger partial charge in [-0.25, -0.2) is 0 Å². The van der Waals surface area contributed by atoms with E-state index in [9.17, 15) is 27.9 Å². The summed E-state index contributed by atoms with van der Waals surface area (Å²) < 4.78 is 40.6. The Morgan fingerprint density at radius 2 is 1.86 bits per heavy atom. The number of H-pyrrole nitrogens is 1. The van der Waals surface area contributed by atoms with Crippen molar-refractivity contribution in [3.05, 3.63) is 87.4 Å². The third-order valence-electron chi connectivity index (χ3n) is 5.72. The topological polar surface area (TPSA) is 86.3 Å². The molecule has 37 heavy (non-hydrogen) atoms. The van der Waals surface area contributed by atoms with Crippen LogP contribution in [0.25, 0.3) is 22.0 Å². The molecule has 4 rings (SSSR count). The average Bonchev–Trinajstić information content (AvgIpc) is 2.87. The van der Waals surface area contributed by atoms with Crippen LogP contribution >= 0.6 is 23.4 Å². The molecule has 0 bridgehead atoms. The summed E-state index contributed by atoms with van der Waals surface area (Å²) in [4.78, 5) is 34.3. The average molecular weight is 548 g/mol. The van der Waals surface area contributed by atoms with Crippen molar-refractivity contribution in [3.8, 4) is 16.9 Å². The van der Waals surface area contributed by atoms with Crippen molar-refractivity contribution < 1.29 is 23.1 Å². The largest absolute Gasteiger partial charge is 0.507 e. The highest BCUT2D eigenvalue weighted by atomic mass is 35.5. The van der Waals surface area contributed by atoms with Crippen LogP contribution in [0.5, 0.6) is 5.75 Å². The minimum absolute atomic E-state index is 0.00212. The molecule has 0 aliphatic heterocycles. The summed E-state index contributed by atoms with van der Waals surface area (Å²) in [5.74, 6) is -0.690. The van der Waals surface area contributed by atoms with E-state index in [4.69, 9.17) is 11.6 Å². The number of carbonyl (C=O) groups excluding carboxylic acids is 1. The van der Waals surface area contributed by atoms with E-state index in [2.05, 4.69) is 9.97 Å². The molecule has 1 amide bonds. The van der Waals surface area contributed by atoms with Gasteiger partial charge in [-0.3, -0.25) is 14.6 Å². The normalized spacial score (nSPS) is 11.6. The molecule has 11 heteroatoms. The fourth-order valence-electron chi connectivity index (χ4n) is 3.88. The van der Waals surface area contributed by atoms with Crippen LogP contribution in [-0.4, -0.2) is 38.2 Å². The monoisotopic (exact) mass is 547 g/mol. The Bertz CT molecular complexity index is 1510. The highest BCUT2D eigenvalue weighted by Gasteiger charge is 2.31. The van der Waals surface area contributed by atoms with Crippen molar-refractivity contribution in [2.75, 3.05) is 12.3 Å². The van der Waals surface area contributed by atoms with Crippen LogP contribution in [0.3, 0.4) is 0 Å². The van der Waals surface area contributed by atoms with Gasteiger partial charge in [-0.2, -0.15) is 13.2 Å². The second-order valence-electron chi connectivity index (χ2n) is 8.13. The number of phenols is 1. The Morgan fingerprint density at radius 3 is 2.54 bits per heavy atom. The number of fused-ring (bicyclic) bond motifs is 1. The molecule has 6 nitrogen and oxygen atoms in total. The number of aromatic nitrogens is 2. The first kappa shape index (κ1) is 26.6. The van der Waals surface area contributed by atoms with Crippen molar-refractivity contribution in [1.29, 1.82) is 0 Å². The number of pyridine rings is 2. The van der Waals surface area contributed by atoms with Crippen LogP contribution in [0, 0.1) is 0 Å². The molecule has 192 valence electrons. The SMILES string of the molecule is CCN(Cc1ccncc1)C(=O)CSc1c(-c2cc(Cl)ccc2O)c2cc(C(F)(F)F)ccc2[nH]c1=O. The van der Waals surface area contributed by atoms with Crippen LogP contribution in [0.4, 0.5) is 13.2 Å². The Labute approximate surface area is 219 Å². The molecule has 0 aliphatic rings. The number of thioether (sulfide) groups is 1. The van der Waals surface area contributed by atoms with Crippen LogP contribution in [0.15, 0.2) is 70.6 Å². The Hall–Kier alpha value is -3.50. The number of rotatable bonds is 7. The molecule has 0 radical (unpaired) electrons. The number of benzene rings is 2. The first-order chi connectivity index (χ1) is 17.6. The highest BCUT2D eigenvalue weighted by molar-refractivity contribution is 8.00. The number of alkyl halides is 3. The van der Waals surface area contributed by atoms with Gasteiger partial charge in [-0.05, 0) is 61.0 Å². The van der Waals surface area contributed by atoms with Gasteiger partial charge in [-0.1, -0.05) is 11.6 Å². The van der Waals surface area contributed by atoms with E-state index in [0.717, 1.165) is 35.5 Å². The number of halogens is 4. The van der Waals surface area contributed by atoms with Crippen LogP contribution in [0.1, 0.15) is 18.1 Å². The molecular formula is C26H21ClF3N3O3S. The number of phenolic OH excluding ortho intramolecular Hbond substituents is 1. The first-order valence-electron chi connectivity index (χ1n) is 11.1. The number of aromatic amines is 1. The fraction of sp³-hybridized carbons (Fsp3) is 0.192. The van der Waals surface area contributed by atoms with Gasteiger partial charge in [0.05, 0.1) is 16.2 Å². The van der Waals surface area contributed by atoms with E-state index in [1.807, 2.05) is 6.92 Å². The Morgan fingerprint density at radius 1 is 1.14 bits per heavy atom. The van der Waals surface area contributed by atoms with Crippen LogP contribution in [0.2, 0.25) is 5.02 Å². The molecule has 0 fully saturated rings. The van der Waals surface area contributed by atoms with Gasteiger partial charge in [0.1, 0.15) is 5.75 Å². The number of nitrogens with zero attached hydrogens (tertiary/aromatic N) is 2. The molecule has 2 aromatic carbocycles. The maximum absolute atomic E-state index is 13.5. The number of amides is 1. The second-order valence-corrected chi connectivity index (χ2v) is 9.55. The van der Waals surface area contributed by atoms with Gasteiger partial charge in [0.2, 0.25) is 5.91 Å². The third kappa shape index (κ3) is 5.91. The predicted molar refractivity (Wildman–Crippen MR) is 138 cm³/mol. The number of hydrogen-bond acceptors (Lipinski definition) is 5. The van der Waals surface area contributed by atoms with Gasteiger partial charge in [0, 0.05) is 52.5 Å². The second kappa shape index (κ2) is 10.9. The maximum Gasteiger partial charge on any atom is 0.416 e.